The van der Waals surface area contributed by atoms with Crippen molar-refractivity contribution in [1.29, 1.82) is 5.26 Å². The Morgan fingerprint density at radius 1 is 1.20 bits per heavy atom. The van der Waals surface area contributed by atoms with Gasteiger partial charge in [-0.2, -0.15) is 5.26 Å². The molecule has 3 nitrogen and oxygen atoms in total. The van der Waals surface area contributed by atoms with Gasteiger partial charge in [0.15, 0.2) is 0 Å². The van der Waals surface area contributed by atoms with Crippen LogP contribution >= 0.6 is 22.9 Å². The molecule has 0 atom stereocenters. The van der Waals surface area contributed by atoms with Crippen LogP contribution in [-0.2, 0) is 0 Å². The maximum absolute atomic E-state index is 9.55. The number of anilines is 1. The van der Waals surface area contributed by atoms with Gasteiger partial charge in [0.2, 0.25) is 0 Å². The molecule has 1 heterocycles. The van der Waals surface area contributed by atoms with Gasteiger partial charge in [-0.15, -0.1) is 11.3 Å². The normalized spacial score (nSPS) is 11.5. The fourth-order valence-electron chi connectivity index (χ4n) is 2.69. The van der Waals surface area contributed by atoms with Gasteiger partial charge >= 0.3 is 0 Å². The molecule has 0 amide bonds. The summed E-state index contributed by atoms with van der Waals surface area (Å²) in [5.74, 6) is 0. The molecular formula is C20H18ClN3S. The van der Waals surface area contributed by atoms with Gasteiger partial charge in [-0.05, 0) is 55.8 Å². The molecule has 0 unspecified atom stereocenters. The van der Waals surface area contributed by atoms with Crippen LogP contribution in [0.1, 0.15) is 24.4 Å². The summed E-state index contributed by atoms with van der Waals surface area (Å²) in [6.45, 7) is 6.24. The number of aromatic nitrogens is 1. The van der Waals surface area contributed by atoms with Crippen LogP contribution < -0.4 is 4.90 Å². The van der Waals surface area contributed by atoms with Crippen molar-refractivity contribution in [2.24, 2.45) is 0 Å². The predicted molar refractivity (Wildman–Crippen MR) is 108 cm³/mol. The summed E-state index contributed by atoms with van der Waals surface area (Å²) < 4.78 is 1.03. The topological polar surface area (TPSA) is 39.9 Å². The van der Waals surface area contributed by atoms with E-state index in [4.69, 9.17) is 11.6 Å². The van der Waals surface area contributed by atoms with E-state index in [1.165, 1.54) is 17.0 Å². The molecule has 0 radical (unpaired) electrons. The van der Waals surface area contributed by atoms with Gasteiger partial charge in [0, 0.05) is 23.8 Å². The van der Waals surface area contributed by atoms with E-state index >= 15 is 0 Å². The molecule has 0 N–H and O–H groups in total. The molecule has 0 aliphatic rings. The lowest BCUT2D eigenvalue weighted by Gasteiger charge is -2.20. The van der Waals surface area contributed by atoms with Crippen LogP contribution in [0.15, 0.2) is 42.5 Å². The summed E-state index contributed by atoms with van der Waals surface area (Å²) >= 11 is 7.52. The molecule has 3 rings (SSSR count). The fraction of sp³-hybridized carbons (Fsp3) is 0.200. The highest BCUT2D eigenvalue weighted by molar-refractivity contribution is 7.19. The third-order valence-electron chi connectivity index (χ3n) is 4.03. The summed E-state index contributed by atoms with van der Waals surface area (Å²) in [4.78, 5) is 6.84. The lowest BCUT2D eigenvalue weighted by molar-refractivity contribution is 0.866. The number of halogens is 1. The molecule has 25 heavy (non-hydrogen) atoms. The number of benzene rings is 2. The number of thiazole rings is 1. The van der Waals surface area contributed by atoms with Gasteiger partial charge in [0.25, 0.3) is 0 Å². The Morgan fingerprint density at radius 2 is 1.92 bits per heavy atom. The summed E-state index contributed by atoms with van der Waals surface area (Å²) in [5, 5.41) is 10.9. The average Bonchev–Trinajstić information content (AvgIpc) is 3.04. The molecule has 1 aromatic heterocycles. The van der Waals surface area contributed by atoms with Crippen molar-refractivity contribution >= 4 is 50.5 Å². The number of rotatable bonds is 5. The van der Waals surface area contributed by atoms with Crippen molar-refractivity contribution in [2.45, 2.75) is 13.8 Å². The number of fused-ring (bicyclic) bond motifs is 1. The molecule has 0 saturated carbocycles. The highest BCUT2D eigenvalue weighted by Crippen LogP contribution is 2.30. The number of nitriles is 1. The number of hydrogen-bond acceptors (Lipinski definition) is 4. The van der Waals surface area contributed by atoms with E-state index in [1.807, 2.05) is 36.4 Å². The van der Waals surface area contributed by atoms with E-state index in [1.54, 1.807) is 0 Å². The Labute approximate surface area is 156 Å². The first-order chi connectivity index (χ1) is 12.1. The van der Waals surface area contributed by atoms with Crippen LogP contribution in [0, 0.1) is 11.3 Å². The lowest BCUT2D eigenvalue weighted by atomic mass is 10.1. The maximum Gasteiger partial charge on any atom is 0.135 e. The van der Waals surface area contributed by atoms with E-state index in [-0.39, 0.29) is 0 Å². The Balaban J connectivity index is 1.92. The standard InChI is InChI=1S/C20H18ClN3S/c1-3-24(4-2)17-8-5-14(6-9-17)11-15(13-22)20-23-18-12-16(21)7-10-19(18)25-20/h5-12H,3-4H2,1-2H3/b15-11+. The van der Waals surface area contributed by atoms with Crippen LogP contribution in [0.25, 0.3) is 21.9 Å². The van der Waals surface area contributed by atoms with E-state index in [0.717, 1.165) is 28.9 Å². The molecule has 5 heteroatoms. The molecule has 2 aromatic carbocycles. The zero-order valence-electron chi connectivity index (χ0n) is 14.2. The minimum atomic E-state index is 0.563. The van der Waals surface area contributed by atoms with Crippen molar-refractivity contribution < 1.29 is 0 Å². The van der Waals surface area contributed by atoms with Crippen molar-refractivity contribution in [3.8, 4) is 6.07 Å². The molecule has 0 aliphatic heterocycles. The molecule has 0 saturated heterocycles. The van der Waals surface area contributed by atoms with E-state index in [0.29, 0.717) is 15.6 Å². The first-order valence-electron chi connectivity index (χ1n) is 8.18. The van der Waals surface area contributed by atoms with Gasteiger partial charge in [-0.3, -0.25) is 0 Å². The molecule has 3 aromatic rings. The third-order valence-corrected chi connectivity index (χ3v) is 5.34. The van der Waals surface area contributed by atoms with Crippen molar-refractivity contribution in [1.82, 2.24) is 4.98 Å². The minimum Gasteiger partial charge on any atom is -0.372 e. The van der Waals surface area contributed by atoms with E-state index in [2.05, 4.69) is 41.9 Å². The molecule has 0 fully saturated rings. The highest BCUT2D eigenvalue weighted by atomic mass is 35.5. The SMILES string of the molecule is CCN(CC)c1ccc(/C=C(\C#N)c2nc3cc(Cl)ccc3s2)cc1. The third kappa shape index (κ3) is 3.84. The van der Waals surface area contributed by atoms with Crippen LogP contribution in [0.2, 0.25) is 5.02 Å². The first-order valence-corrected chi connectivity index (χ1v) is 9.37. The van der Waals surface area contributed by atoms with Gasteiger partial charge in [-0.25, -0.2) is 4.98 Å². The Bertz CT molecular complexity index is 947. The summed E-state index contributed by atoms with van der Waals surface area (Å²) in [6.07, 6.45) is 1.88. The Morgan fingerprint density at radius 3 is 2.56 bits per heavy atom. The smallest absolute Gasteiger partial charge is 0.135 e. The Kier molecular flexibility index (Phi) is 5.37. The van der Waals surface area contributed by atoms with E-state index in [9.17, 15) is 5.26 Å². The summed E-state index contributed by atoms with van der Waals surface area (Å²) in [6, 6.07) is 16.1. The monoisotopic (exact) mass is 367 g/mol. The van der Waals surface area contributed by atoms with Crippen LogP contribution in [0.4, 0.5) is 5.69 Å². The second-order valence-corrected chi connectivity index (χ2v) is 7.03. The van der Waals surface area contributed by atoms with Crippen molar-refractivity contribution in [3.05, 3.63) is 58.1 Å². The first kappa shape index (κ1) is 17.5. The largest absolute Gasteiger partial charge is 0.372 e. The molecule has 126 valence electrons. The number of allylic oxidation sites excluding steroid dienone is 1. The quantitative estimate of drug-likeness (QED) is 0.530. The zero-order chi connectivity index (χ0) is 17.8. The second kappa shape index (κ2) is 7.69. The van der Waals surface area contributed by atoms with Gasteiger partial charge in [0.05, 0.1) is 15.8 Å². The van der Waals surface area contributed by atoms with Gasteiger partial charge < -0.3 is 4.90 Å². The molecule has 0 aliphatic carbocycles. The van der Waals surface area contributed by atoms with Crippen LogP contribution in [-0.4, -0.2) is 18.1 Å². The fourth-order valence-corrected chi connectivity index (χ4v) is 3.77. The van der Waals surface area contributed by atoms with Gasteiger partial charge in [0.1, 0.15) is 11.1 Å². The van der Waals surface area contributed by atoms with Crippen LogP contribution in [0.3, 0.4) is 0 Å². The molecule has 0 bridgehead atoms. The maximum atomic E-state index is 9.55. The van der Waals surface area contributed by atoms with Crippen molar-refractivity contribution in [3.63, 3.8) is 0 Å². The van der Waals surface area contributed by atoms with Crippen LogP contribution in [0.5, 0.6) is 0 Å². The van der Waals surface area contributed by atoms with E-state index < -0.39 is 0 Å². The molecule has 0 spiro atoms. The van der Waals surface area contributed by atoms with Gasteiger partial charge in [-0.1, -0.05) is 23.7 Å². The number of nitrogens with zero attached hydrogens (tertiary/aromatic N) is 3. The Hall–Kier alpha value is -2.35. The van der Waals surface area contributed by atoms with Crippen molar-refractivity contribution in [2.75, 3.05) is 18.0 Å². The second-order valence-electron chi connectivity index (χ2n) is 5.56. The summed E-state index contributed by atoms with van der Waals surface area (Å²) in [7, 11) is 0. The minimum absolute atomic E-state index is 0.563. The predicted octanol–water partition coefficient (Wildman–Crippen LogP) is 5.86. The molecular weight excluding hydrogens is 350 g/mol. The zero-order valence-corrected chi connectivity index (χ0v) is 15.7. The number of hydrogen-bond donors (Lipinski definition) is 0. The highest BCUT2D eigenvalue weighted by Gasteiger charge is 2.09. The average molecular weight is 368 g/mol. The summed E-state index contributed by atoms with van der Waals surface area (Å²) in [5.41, 5.74) is 3.57. The lowest BCUT2D eigenvalue weighted by Crippen LogP contribution is -2.21.